The topological polar surface area (TPSA) is 76.7 Å². The Hall–Kier alpha value is -2.45. The van der Waals surface area contributed by atoms with Gasteiger partial charge in [0.15, 0.2) is 0 Å². The number of ether oxygens (including phenoxy) is 2. The molecule has 0 bridgehead atoms. The quantitative estimate of drug-likeness (QED) is 0.424. The van der Waals surface area contributed by atoms with E-state index < -0.39 is 10.0 Å². The summed E-state index contributed by atoms with van der Waals surface area (Å²) < 4.78 is 39.2. The van der Waals surface area contributed by atoms with Gasteiger partial charge in [0.1, 0.15) is 23.9 Å². The number of benzene rings is 3. The summed E-state index contributed by atoms with van der Waals surface area (Å²) in [7, 11) is -2.00. The molecule has 0 radical (unpaired) electrons. The Morgan fingerprint density at radius 1 is 0.900 bits per heavy atom. The van der Waals surface area contributed by atoms with Crippen LogP contribution in [0.5, 0.6) is 17.2 Å². The summed E-state index contributed by atoms with van der Waals surface area (Å²) >= 11 is 12.2. The molecule has 0 saturated heterocycles. The molecule has 30 heavy (non-hydrogen) atoms. The zero-order valence-corrected chi connectivity index (χ0v) is 18.4. The number of sulfonamides is 1. The van der Waals surface area contributed by atoms with Crippen molar-refractivity contribution in [3.63, 3.8) is 0 Å². The zero-order chi connectivity index (χ0) is 21.6. The number of rotatable bonds is 9. The van der Waals surface area contributed by atoms with Crippen LogP contribution in [-0.4, -0.2) is 28.6 Å². The van der Waals surface area contributed by atoms with Gasteiger partial charge in [-0.3, -0.25) is 4.72 Å². The van der Waals surface area contributed by atoms with Crippen LogP contribution >= 0.6 is 23.2 Å². The van der Waals surface area contributed by atoms with E-state index in [0.717, 1.165) is 0 Å². The highest BCUT2D eigenvalue weighted by Gasteiger charge is 2.16. The summed E-state index contributed by atoms with van der Waals surface area (Å²) in [4.78, 5) is 0.0848. The Morgan fingerprint density at radius 3 is 2.30 bits per heavy atom. The van der Waals surface area contributed by atoms with E-state index in [4.69, 9.17) is 32.7 Å². The Kier molecular flexibility index (Phi) is 7.44. The monoisotopic (exact) mass is 466 g/mol. The van der Waals surface area contributed by atoms with E-state index in [-0.39, 0.29) is 4.90 Å². The van der Waals surface area contributed by atoms with E-state index >= 15 is 0 Å². The predicted molar refractivity (Wildman–Crippen MR) is 120 cm³/mol. The highest BCUT2D eigenvalue weighted by atomic mass is 35.5. The van der Waals surface area contributed by atoms with Gasteiger partial charge in [0.2, 0.25) is 0 Å². The molecule has 0 heterocycles. The van der Waals surface area contributed by atoms with Crippen molar-refractivity contribution < 1.29 is 17.9 Å². The molecular formula is C21H20Cl2N2O4S. The fourth-order valence-electron chi connectivity index (χ4n) is 2.50. The summed E-state index contributed by atoms with van der Waals surface area (Å²) in [5, 5.41) is 3.82. The number of halogens is 2. The van der Waals surface area contributed by atoms with Crippen molar-refractivity contribution in [3.05, 3.63) is 76.8 Å². The summed E-state index contributed by atoms with van der Waals surface area (Å²) in [6.07, 6.45) is 0. The fraction of sp³-hybridized carbons (Fsp3) is 0.143. The van der Waals surface area contributed by atoms with E-state index in [2.05, 4.69) is 10.0 Å². The van der Waals surface area contributed by atoms with Gasteiger partial charge in [0.25, 0.3) is 10.0 Å². The normalized spacial score (nSPS) is 11.2. The van der Waals surface area contributed by atoms with Gasteiger partial charge in [-0.1, -0.05) is 35.3 Å². The third kappa shape index (κ3) is 5.79. The van der Waals surface area contributed by atoms with Crippen LogP contribution in [0, 0.1) is 0 Å². The zero-order valence-electron chi connectivity index (χ0n) is 16.1. The molecule has 0 spiro atoms. The second-order valence-electron chi connectivity index (χ2n) is 6.21. The molecule has 0 aliphatic carbocycles. The van der Waals surface area contributed by atoms with Crippen LogP contribution in [0.2, 0.25) is 10.0 Å². The van der Waals surface area contributed by atoms with Crippen LogP contribution in [0.15, 0.2) is 71.6 Å². The van der Waals surface area contributed by atoms with Gasteiger partial charge in [-0.2, -0.15) is 0 Å². The van der Waals surface area contributed by atoms with Crippen LogP contribution in [0.3, 0.4) is 0 Å². The number of hydrogen-bond acceptors (Lipinski definition) is 5. The van der Waals surface area contributed by atoms with Crippen molar-refractivity contribution in [2.45, 2.75) is 4.90 Å². The molecule has 0 aromatic heterocycles. The SMILES string of the molecule is CNCCOc1cc(NS(=O)(=O)c2ccc(Oc3ccccc3Cl)cc2)ccc1Cl. The van der Waals surface area contributed by atoms with E-state index in [1.165, 1.54) is 12.1 Å². The minimum Gasteiger partial charge on any atom is -0.491 e. The third-order valence-corrected chi connectivity index (χ3v) is 6.01. The van der Waals surface area contributed by atoms with Gasteiger partial charge >= 0.3 is 0 Å². The second-order valence-corrected chi connectivity index (χ2v) is 8.70. The van der Waals surface area contributed by atoms with E-state index in [0.29, 0.717) is 46.1 Å². The Bertz CT molecular complexity index is 1110. The molecule has 0 aliphatic heterocycles. The van der Waals surface area contributed by atoms with Crippen molar-refractivity contribution in [2.24, 2.45) is 0 Å². The summed E-state index contributed by atoms with van der Waals surface area (Å²) in [6, 6.07) is 17.8. The summed E-state index contributed by atoms with van der Waals surface area (Å²) in [5.74, 6) is 1.35. The molecule has 9 heteroatoms. The maximum absolute atomic E-state index is 12.7. The summed E-state index contributed by atoms with van der Waals surface area (Å²) in [5.41, 5.74) is 0.343. The largest absolute Gasteiger partial charge is 0.491 e. The van der Waals surface area contributed by atoms with Crippen LogP contribution in [0.25, 0.3) is 0 Å². The molecule has 0 aliphatic rings. The lowest BCUT2D eigenvalue weighted by Gasteiger charge is -2.12. The van der Waals surface area contributed by atoms with Crippen LogP contribution < -0.4 is 19.5 Å². The number of anilines is 1. The van der Waals surface area contributed by atoms with Crippen LogP contribution in [0.1, 0.15) is 0 Å². The number of nitrogens with one attached hydrogen (secondary N) is 2. The molecule has 0 unspecified atom stereocenters. The first-order valence-electron chi connectivity index (χ1n) is 9.01. The van der Waals surface area contributed by atoms with Crippen molar-refractivity contribution in [1.29, 1.82) is 0 Å². The minimum atomic E-state index is -3.81. The maximum atomic E-state index is 12.7. The molecule has 3 aromatic carbocycles. The van der Waals surface area contributed by atoms with Crippen molar-refractivity contribution in [1.82, 2.24) is 5.32 Å². The Labute approximate surface area is 185 Å². The average Bonchev–Trinajstić information content (AvgIpc) is 2.72. The van der Waals surface area contributed by atoms with E-state index in [1.807, 2.05) is 0 Å². The molecule has 2 N–H and O–H groups in total. The third-order valence-electron chi connectivity index (χ3n) is 3.99. The average molecular weight is 467 g/mol. The molecule has 6 nitrogen and oxygen atoms in total. The van der Waals surface area contributed by atoms with Gasteiger partial charge in [0, 0.05) is 12.6 Å². The van der Waals surface area contributed by atoms with Gasteiger partial charge in [-0.05, 0) is 55.6 Å². The molecule has 3 aromatic rings. The fourth-order valence-corrected chi connectivity index (χ4v) is 3.89. The summed E-state index contributed by atoms with van der Waals surface area (Å²) in [6.45, 7) is 1.04. The van der Waals surface area contributed by atoms with Crippen molar-refractivity contribution in [3.8, 4) is 17.2 Å². The molecule has 3 rings (SSSR count). The Balaban J connectivity index is 1.73. The number of para-hydroxylation sites is 1. The molecule has 0 fully saturated rings. The predicted octanol–water partition coefficient (Wildman–Crippen LogP) is 5.18. The first-order chi connectivity index (χ1) is 14.4. The highest BCUT2D eigenvalue weighted by molar-refractivity contribution is 7.92. The van der Waals surface area contributed by atoms with Gasteiger partial charge in [-0.15, -0.1) is 0 Å². The second kappa shape index (κ2) is 10.0. The van der Waals surface area contributed by atoms with Crippen molar-refractivity contribution in [2.75, 3.05) is 24.9 Å². The van der Waals surface area contributed by atoms with Gasteiger partial charge in [-0.25, -0.2) is 8.42 Å². The van der Waals surface area contributed by atoms with Crippen LogP contribution in [-0.2, 0) is 10.0 Å². The number of hydrogen-bond donors (Lipinski definition) is 2. The lowest BCUT2D eigenvalue weighted by Crippen LogP contribution is -2.16. The molecule has 158 valence electrons. The Morgan fingerprint density at radius 2 is 1.60 bits per heavy atom. The molecule has 0 amide bonds. The van der Waals surface area contributed by atoms with E-state index in [1.54, 1.807) is 61.6 Å². The smallest absolute Gasteiger partial charge is 0.261 e. The molecule has 0 atom stereocenters. The van der Waals surface area contributed by atoms with E-state index in [9.17, 15) is 8.42 Å². The first kappa shape index (κ1) is 22.2. The van der Waals surface area contributed by atoms with Gasteiger partial charge in [0.05, 0.1) is 20.6 Å². The minimum absolute atomic E-state index is 0.0848. The first-order valence-corrected chi connectivity index (χ1v) is 11.2. The number of likely N-dealkylation sites (N-methyl/N-ethyl adjacent to an activating group) is 1. The molecular weight excluding hydrogens is 447 g/mol. The maximum Gasteiger partial charge on any atom is 0.261 e. The lowest BCUT2D eigenvalue weighted by molar-refractivity contribution is 0.319. The van der Waals surface area contributed by atoms with Crippen molar-refractivity contribution >= 4 is 38.9 Å². The lowest BCUT2D eigenvalue weighted by atomic mass is 10.3. The highest BCUT2D eigenvalue weighted by Crippen LogP contribution is 2.31. The molecule has 0 saturated carbocycles. The standard InChI is InChI=1S/C21H20Cl2N2O4S/c1-24-12-13-28-21-14-15(6-11-19(21)23)25-30(26,27)17-9-7-16(8-10-17)29-20-5-3-2-4-18(20)22/h2-11,14,24-25H,12-13H2,1H3. The van der Waals surface area contributed by atoms with Crippen LogP contribution in [0.4, 0.5) is 5.69 Å². The van der Waals surface area contributed by atoms with Gasteiger partial charge < -0.3 is 14.8 Å².